The van der Waals surface area contributed by atoms with Crippen LogP contribution in [0.3, 0.4) is 0 Å². The molecular weight excluding hydrogens is 267 g/mol. The van der Waals surface area contributed by atoms with Crippen LogP contribution < -0.4 is 5.73 Å². The first-order valence-electron chi connectivity index (χ1n) is 6.92. The largest absolute Gasteiger partial charge is 0.368 e. The summed E-state index contributed by atoms with van der Waals surface area (Å²) >= 11 is 0. The Balaban J connectivity index is 2.06. The summed E-state index contributed by atoms with van der Waals surface area (Å²) in [4.78, 5) is 11.0. The highest BCUT2D eigenvalue weighted by molar-refractivity contribution is 5.65. The molecule has 1 aromatic heterocycles. The average Bonchev–Trinajstić information content (AvgIpc) is 2.48. The highest BCUT2D eigenvalue weighted by Crippen LogP contribution is 2.28. The maximum absolute atomic E-state index is 13.1. The Bertz CT molecular complexity index is 667. The summed E-state index contributed by atoms with van der Waals surface area (Å²) in [5.74, 6) is 0.00757. The van der Waals surface area contributed by atoms with Crippen LogP contribution in [0.15, 0.2) is 36.9 Å². The molecule has 2 N–H and O–H groups in total. The van der Waals surface area contributed by atoms with Crippen LogP contribution in [-0.4, -0.2) is 28.0 Å². The lowest BCUT2D eigenvalue weighted by atomic mass is 9.99. The lowest BCUT2D eigenvalue weighted by Crippen LogP contribution is -2.32. The number of nitrogen functional groups attached to an aromatic ring is 1. The molecule has 3 rings (SSSR count). The van der Waals surface area contributed by atoms with E-state index in [0.29, 0.717) is 0 Å². The normalized spacial score (nSPS) is 14.7. The summed E-state index contributed by atoms with van der Waals surface area (Å²) in [5, 5.41) is 0. The smallest absolute Gasteiger partial charge is 0.220 e. The monoisotopic (exact) mass is 284 g/mol. The van der Waals surface area contributed by atoms with Gasteiger partial charge in [0.25, 0.3) is 0 Å². The summed E-state index contributed by atoms with van der Waals surface area (Å²) in [6.07, 6.45) is 2.73. The summed E-state index contributed by atoms with van der Waals surface area (Å²) in [6.45, 7) is 6.29. The van der Waals surface area contributed by atoms with Gasteiger partial charge < -0.3 is 5.73 Å². The van der Waals surface area contributed by atoms with Gasteiger partial charge in [-0.3, -0.25) is 4.90 Å². The van der Waals surface area contributed by atoms with Gasteiger partial charge in [-0.15, -0.1) is 6.58 Å². The van der Waals surface area contributed by atoms with Crippen molar-refractivity contribution in [1.82, 2.24) is 14.9 Å². The first kappa shape index (κ1) is 13.7. The van der Waals surface area contributed by atoms with Gasteiger partial charge in [-0.2, -0.15) is 0 Å². The fourth-order valence-corrected chi connectivity index (χ4v) is 2.67. The van der Waals surface area contributed by atoms with Crippen molar-refractivity contribution in [1.29, 1.82) is 0 Å². The summed E-state index contributed by atoms with van der Waals surface area (Å²) in [7, 11) is 0. The fourth-order valence-electron chi connectivity index (χ4n) is 2.67. The minimum absolute atomic E-state index is 0.261. The molecule has 0 atom stereocenters. The average molecular weight is 284 g/mol. The molecule has 5 heteroatoms. The van der Waals surface area contributed by atoms with Crippen molar-refractivity contribution in [3.63, 3.8) is 0 Å². The van der Waals surface area contributed by atoms with Gasteiger partial charge in [0, 0.05) is 37.2 Å². The van der Waals surface area contributed by atoms with Crippen LogP contribution in [0.4, 0.5) is 10.3 Å². The van der Waals surface area contributed by atoms with E-state index in [1.165, 1.54) is 12.1 Å². The van der Waals surface area contributed by atoms with Gasteiger partial charge in [-0.05, 0) is 24.3 Å². The van der Waals surface area contributed by atoms with Crippen molar-refractivity contribution < 1.29 is 4.39 Å². The van der Waals surface area contributed by atoms with Gasteiger partial charge >= 0.3 is 0 Å². The predicted octanol–water partition coefficient (Wildman–Crippen LogP) is 2.41. The molecule has 0 saturated heterocycles. The lowest BCUT2D eigenvalue weighted by molar-refractivity contribution is 0.279. The summed E-state index contributed by atoms with van der Waals surface area (Å²) < 4.78 is 13.1. The molecule has 2 heterocycles. The quantitative estimate of drug-likeness (QED) is 0.879. The van der Waals surface area contributed by atoms with Crippen LogP contribution >= 0.6 is 0 Å². The van der Waals surface area contributed by atoms with Crippen LogP contribution in [0.5, 0.6) is 0 Å². The van der Waals surface area contributed by atoms with Crippen molar-refractivity contribution >= 4 is 5.95 Å². The predicted molar refractivity (Wildman–Crippen MR) is 81.0 cm³/mol. The van der Waals surface area contributed by atoms with Gasteiger partial charge in [-0.1, -0.05) is 6.08 Å². The SMILES string of the molecule is C=CCN1CCc2nc(N)nc(-c3ccc(F)cc3)c2C1. The Morgan fingerprint density at radius 3 is 2.76 bits per heavy atom. The van der Waals surface area contributed by atoms with Gasteiger partial charge in [0.15, 0.2) is 0 Å². The molecule has 21 heavy (non-hydrogen) atoms. The van der Waals surface area contributed by atoms with Crippen LogP contribution in [0.1, 0.15) is 11.3 Å². The molecule has 0 aliphatic carbocycles. The molecule has 108 valence electrons. The topological polar surface area (TPSA) is 55.0 Å². The van der Waals surface area contributed by atoms with E-state index in [1.54, 1.807) is 12.1 Å². The van der Waals surface area contributed by atoms with Gasteiger partial charge in [0.2, 0.25) is 5.95 Å². The minimum atomic E-state index is -0.261. The van der Waals surface area contributed by atoms with E-state index in [4.69, 9.17) is 5.73 Å². The van der Waals surface area contributed by atoms with Crippen molar-refractivity contribution in [3.8, 4) is 11.3 Å². The van der Waals surface area contributed by atoms with E-state index in [9.17, 15) is 4.39 Å². The summed E-state index contributed by atoms with van der Waals surface area (Å²) in [5.41, 5.74) is 9.54. The maximum Gasteiger partial charge on any atom is 0.220 e. The number of anilines is 1. The van der Waals surface area contributed by atoms with Crippen molar-refractivity contribution in [2.24, 2.45) is 0 Å². The molecule has 1 aliphatic heterocycles. The molecule has 1 aromatic carbocycles. The van der Waals surface area contributed by atoms with Gasteiger partial charge in [-0.25, -0.2) is 14.4 Å². The third-order valence-corrected chi connectivity index (χ3v) is 3.66. The zero-order valence-corrected chi connectivity index (χ0v) is 11.7. The third kappa shape index (κ3) is 2.78. The number of hydrogen-bond acceptors (Lipinski definition) is 4. The number of nitrogens with zero attached hydrogens (tertiary/aromatic N) is 3. The second kappa shape index (κ2) is 5.61. The van der Waals surface area contributed by atoms with Crippen molar-refractivity contribution in [3.05, 3.63) is 54.0 Å². The van der Waals surface area contributed by atoms with Gasteiger partial charge in [0.05, 0.1) is 11.4 Å². The van der Waals surface area contributed by atoms with Crippen LogP contribution in [0.25, 0.3) is 11.3 Å². The number of fused-ring (bicyclic) bond motifs is 1. The lowest BCUT2D eigenvalue weighted by Gasteiger charge is -2.28. The Hall–Kier alpha value is -2.27. The first-order valence-corrected chi connectivity index (χ1v) is 6.92. The highest BCUT2D eigenvalue weighted by atomic mass is 19.1. The van der Waals surface area contributed by atoms with E-state index in [-0.39, 0.29) is 11.8 Å². The molecule has 0 spiro atoms. The maximum atomic E-state index is 13.1. The molecule has 0 radical (unpaired) electrons. The van der Waals surface area contributed by atoms with E-state index < -0.39 is 0 Å². The standard InChI is InChI=1S/C16H17FN4/c1-2-8-21-9-7-14-13(10-21)15(20-16(18)19-14)11-3-5-12(17)6-4-11/h2-6H,1,7-10H2,(H2,18,19,20). The van der Waals surface area contributed by atoms with Crippen molar-refractivity contribution in [2.75, 3.05) is 18.8 Å². The van der Waals surface area contributed by atoms with Crippen LogP contribution in [0, 0.1) is 5.82 Å². The molecule has 0 unspecified atom stereocenters. The molecular formula is C16H17FN4. The number of aromatic nitrogens is 2. The first-order chi connectivity index (χ1) is 10.2. The van der Waals surface area contributed by atoms with Crippen LogP contribution in [0.2, 0.25) is 0 Å². The number of hydrogen-bond donors (Lipinski definition) is 1. The summed E-state index contributed by atoms with van der Waals surface area (Å²) in [6, 6.07) is 6.32. The molecule has 0 fully saturated rings. The second-order valence-electron chi connectivity index (χ2n) is 5.14. The van der Waals surface area contributed by atoms with E-state index >= 15 is 0 Å². The Morgan fingerprint density at radius 1 is 1.29 bits per heavy atom. The second-order valence-corrected chi connectivity index (χ2v) is 5.14. The van der Waals surface area contributed by atoms with E-state index in [2.05, 4.69) is 21.4 Å². The molecule has 4 nitrogen and oxygen atoms in total. The number of nitrogens with two attached hydrogens (primary N) is 1. The molecule has 0 amide bonds. The Kier molecular flexibility index (Phi) is 3.66. The zero-order valence-electron chi connectivity index (χ0n) is 11.7. The van der Waals surface area contributed by atoms with Gasteiger partial charge in [0.1, 0.15) is 5.82 Å². The van der Waals surface area contributed by atoms with Crippen molar-refractivity contribution in [2.45, 2.75) is 13.0 Å². The zero-order chi connectivity index (χ0) is 14.8. The highest BCUT2D eigenvalue weighted by Gasteiger charge is 2.22. The minimum Gasteiger partial charge on any atom is -0.368 e. The number of benzene rings is 1. The molecule has 0 bridgehead atoms. The Labute approximate surface area is 123 Å². The molecule has 2 aromatic rings. The Morgan fingerprint density at radius 2 is 2.05 bits per heavy atom. The molecule has 0 saturated carbocycles. The third-order valence-electron chi connectivity index (χ3n) is 3.66. The van der Waals surface area contributed by atoms with E-state index in [0.717, 1.165) is 48.6 Å². The number of halogens is 1. The van der Waals surface area contributed by atoms with Crippen LogP contribution in [-0.2, 0) is 13.0 Å². The molecule has 1 aliphatic rings. The number of rotatable bonds is 3. The fraction of sp³-hybridized carbons (Fsp3) is 0.250. The van der Waals surface area contributed by atoms with E-state index in [1.807, 2.05) is 6.08 Å².